The minimum atomic E-state index is 0.0985. The van der Waals surface area contributed by atoms with E-state index in [1.54, 1.807) is 0 Å². The van der Waals surface area contributed by atoms with Crippen molar-refractivity contribution >= 4 is 5.95 Å². The number of piperidine rings is 1. The van der Waals surface area contributed by atoms with Gasteiger partial charge in [-0.15, -0.1) is 0 Å². The molecule has 1 saturated heterocycles. The second kappa shape index (κ2) is 5.93. The molecule has 0 bridgehead atoms. The maximum atomic E-state index is 8.70. The molecule has 0 spiro atoms. The summed E-state index contributed by atoms with van der Waals surface area (Å²) in [5.74, 6) is 0.802. The Morgan fingerprint density at radius 3 is 2.59 bits per heavy atom. The molecule has 1 aromatic heterocycles. The van der Waals surface area contributed by atoms with Crippen molar-refractivity contribution < 1.29 is 9.84 Å². The molecule has 1 aromatic rings. The second-order valence-corrected chi connectivity index (χ2v) is 4.34. The van der Waals surface area contributed by atoms with Gasteiger partial charge in [0, 0.05) is 25.5 Å². The molecule has 0 aromatic carbocycles. The molecule has 0 amide bonds. The largest absolute Gasteiger partial charge is 0.394 e. The summed E-state index contributed by atoms with van der Waals surface area (Å²) in [6, 6.07) is 0. The van der Waals surface area contributed by atoms with Crippen LogP contribution in [-0.2, 0) is 4.74 Å². The summed E-state index contributed by atoms with van der Waals surface area (Å²) in [5.41, 5.74) is 1.08. The molecule has 17 heavy (non-hydrogen) atoms. The van der Waals surface area contributed by atoms with E-state index in [0.717, 1.165) is 37.4 Å². The first-order valence-electron chi connectivity index (χ1n) is 6.05. The topological polar surface area (TPSA) is 58.5 Å². The molecular formula is C12H19N3O2. The SMILES string of the molecule is Cc1cnc(N2CCC(OCCO)CC2)nc1. The standard InChI is InChI=1S/C12H19N3O2/c1-10-8-13-12(14-9-10)15-4-2-11(3-5-15)17-7-6-16/h8-9,11,16H,2-7H2,1H3. The number of ether oxygens (including phenoxy) is 1. The van der Waals surface area contributed by atoms with Gasteiger partial charge in [-0.3, -0.25) is 0 Å². The number of hydrogen-bond donors (Lipinski definition) is 1. The Balaban J connectivity index is 1.84. The Kier molecular flexibility index (Phi) is 4.28. The van der Waals surface area contributed by atoms with Crippen LogP contribution >= 0.6 is 0 Å². The Morgan fingerprint density at radius 1 is 1.35 bits per heavy atom. The van der Waals surface area contributed by atoms with Crippen LogP contribution in [0.5, 0.6) is 0 Å². The number of rotatable bonds is 4. The molecule has 0 saturated carbocycles. The first-order chi connectivity index (χ1) is 8.29. The lowest BCUT2D eigenvalue weighted by Crippen LogP contribution is -2.38. The van der Waals surface area contributed by atoms with Crippen molar-refractivity contribution in [1.82, 2.24) is 9.97 Å². The number of anilines is 1. The van der Waals surface area contributed by atoms with Gasteiger partial charge in [0.05, 0.1) is 19.3 Å². The van der Waals surface area contributed by atoms with E-state index < -0.39 is 0 Å². The van der Waals surface area contributed by atoms with E-state index in [9.17, 15) is 0 Å². The molecule has 0 aliphatic carbocycles. The molecule has 1 N–H and O–H groups in total. The van der Waals surface area contributed by atoms with E-state index in [4.69, 9.17) is 9.84 Å². The average Bonchev–Trinajstić information content (AvgIpc) is 2.38. The highest BCUT2D eigenvalue weighted by atomic mass is 16.5. The van der Waals surface area contributed by atoms with Crippen LogP contribution in [0, 0.1) is 6.92 Å². The smallest absolute Gasteiger partial charge is 0.225 e. The Morgan fingerprint density at radius 2 is 2.00 bits per heavy atom. The van der Waals surface area contributed by atoms with Crippen LogP contribution in [0.25, 0.3) is 0 Å². The number of hydrogen-bond acceptors (Lipinski definition) is 5. The number of aryl methyl sites for hydroxylation is 1. The molecule has 1 fully saturated rings. The highest BCUT2D eigenvalue weighted by Crippen LogP contribution is 2.17. The van der Waals surface area contributed by atoms with E-state index in [2.05, 4.69) is 14.9 Å². The van der Waals surface area contributed by atoms with E-state index in [1.165, 1.54) is 0 Å². The molecule has 1 aliphatic rings. The van der Waals surface area contributed by atoms with Gasteiger partial charge in [-0.25, -0.2) is 9.97 Å². The van der Waals surface area contributed by atoms with E-state index in [1.807, 2.05) is 19.3 Å². The maximum Gasteiger partial charge on any atom is 0.225 e. The minimum Gasteiger partial charge on any atom is -0.394 e. The monoisotopic (exact) mass is 237 g/mol. The zero-order chi connectivity index (χ0) is 12.1. The fourth-order valence-corrected chi connectivity index (χ4v) is 1.99. The summed E-state index contributed by atoms with van der Waals surface area (Å²) in [6.45, 7) is 4.35. The Hall–Kier alpha value is -1.20. The number of aliphatic hydroxyl groups excluding tert-OH is 1. The number of nitrogens with zero attached hydrogens (tertiary/aromatic N) is 3. The van der Waals surface area contributed by atoms with Gasteiger partial charge in [-0.05, 0) is 25.3 Å². The maximum absolute atomic E-state index is 8.70. The minimum absolute atomic E-state index is 0.0985. The first kappa shape index (κ1) is 12.3. The molecule has 5 heteroatoms. The van der Waals surface area contributed by atoms with Crippen molar-refractivity contribution in [3.8, 4) is 0 Å². The van der Waals surface area contributed by atoms with Crippen molar-refractivity contribution in [2.45, 2.75) is 25.9 Å². The van der Waals surface area contributed by atoms with Crippen molar-refractivity contribution in [3.05, 3.63) is 18.0 Å². The van der Waals surface area contributed by atoms with Gasteiger partial charge in [0.15, 0.2) is 0 Å². The van der Waals surface area contributed by atoms with E-state index >= 15 is 0 Å². The Bertz CT molecular complexity index is 334. The lowest BCUT2D eigenvalue weighted by atomic mass is 10.1. The third-order valence-corrected chi connectivity index (χ3v) is 2.94. The lowest BCUT2D eigenvalue weighted by Gasteiger charge is -2.31. The summed E-state index contributed by atoms with van der Waals surface area (Å²) in [6.07, 6.45) is 5.89. The average molecular weight is 237 g/mol. The third kappa shape index (κ3) is 3.38. The van der Waals surface area contributed by atoms with Crippen LogP contribution < -0.4 is 4.90 Å². The van der Waals surface area contributed by atoms with Crippen LogP contribution in [0.2, 0.25) is 0 Å². The van der Waals surface area contributed by atoms with Crippen LogP contribution in [0.15, 0.2) is 12.4 Å². The molecular weight excluding hydrogens is 218 g/mol. The summed E-state index contributed by atoms with van der Waals surface area (Å²) >= 11 is 0. The van der Waals surface area contributed by atoms with Crippen molar-refractivity contribution in [3.63, 3.8) is 0 Å². The predicted molar refractivity (Wildman–Crippen MR) is 65.0 cm³/mol. The quantitative estimate of drug-likeness (QED) is 0.838. The van der Waals surface area contributed by atoms with E-state index in [-0.39, 0.29) is 12.7 Å². The normalized spacial score (nSPS) is 17.4. The molecule has 2 heterocycles. The van der Waals surface area contributed by atoms with Gasteiger partial charge < -0.3 is 14.7 Å². The van der Waals surface area contributed by atoms with Gasteiger partial charge in [-0.1, -0.05) is 0 Å². The van der Waals surface area contributed by atoms with Gasteiger partial charge in [0.25, 0.3) is 0 Å². The number of aromatic nitrogens is 2. The summed E-state index contributed by atoms with van der Waals surface area (Å²) in [4.78, 5) is 10.8. The zero-order valence-electron chi connectivity index (χ0n) is 10.2. The van der Waals surface area contributed by atoms with Crippen LogP contribution in [0.4, 0.5) is 5.95 Å². The third-order valence-electron chi connectivity index (χ3n) is 2.94. The predicted octanol–water partition coefficient (Wildman–Crippen LogP) is 0.763. The van der Waals surface area contributed by atoms with Crippen molar-refractivity contribution in [2.24, 2.45) is 0 Å². The second-order valence-electron chi connectivity index (χ2n) is 4.34. The molecule has 1 aliphatic heterocycles. The molecule has 5 nitrogen and oxygen atoms in total. The van der Waals surface area contributed by atoms with Crippen LogP contribution in [0.1, 0.15) is 18.4 Å². The summed E-state index contributed by atoms with van der Waals surface area (Å²) in [7, 11) is 0. The van der Waals surface area contributed by atoms with Gasteiger partial charge >= 0.3 is 0 Å². The van der Waals surface area contributed by atoms with Crippen molar-refractivity contribution in [1.29, 1.82) is 0 Å². The fourth-order valence-electron chi connectivity index (χ4n) is 1.99. The van der Waals surface area contributed by atoms with Crippen LogP contribution in [0.3, 0.4) is 0 Å². The molecule has 0 unspecified atom stereocenters. The first-order valence-corrected chi connectivity index (χ1v) is 6.05. The molecule has 2 rings (SSSR count). The Labute approximate surface area is 101 Å². The van der Waals surface area contributed by atoms with Crippen LogP contribution in [-0.4, -0.2) is 47.5 Å². The van der Waals surface area contributed by atoms with Gasteiger partial charge in [-0.2, -0.15) is 0 Å². The fraction of sp³-hybridized carbons (Fsp3) is 0.667. The molecule has 94 valence electrons. The zero-order valence-corrected chi connectivity index (χ0v) is 10.2. The molecule has 0 radical (unpaired) electrons. The van der Waals surface area contributed by atoms with Gasteiger partial charge in [0.1, 0.15) is 0 Å². The van der Waals surface area contributed by atoms with Gasteiger partial charge in [0.2, 0.25) is 5.95 Å². The molecule has 0 atom stereocenters. The summed E-state index contributed by atoms with van der Waals surface area (Å²) < 4.78 is 5.52. The lowest BCUT2D eigenvalue weighted by molar-refractivity contribution is 0.0157. The highest BCUT2D eigenvalue weighted by Gasteiger charge is 2.20. The number of aliphatic hydroxyl groups is 1. The summed E-state index contributed by atoms with van der Waals surface area (Å²) in [5, 5.41) is 8.70. The highest BCUT2D eigenvalue weighted by molar-refractivity contribution is 5.30. The van der Waals surface area contributed by atoms with Crippen molar-refractivity contribution in [2.75, 3.05) is 31.2 Å². The van der Waals surface area contributed by atoms with E-state index in [0.29, 0.717) is 6.61 Å².